The van der Waals surface area contributed by atoms with Gasteiger partial charge in [0.25, 0.3) is 5.91 Å². The second kappa shape index (κ2) is 11.0. The summed E-state index contributed by atoms with van der Waals surface area (Å²) in [4.78, 5) is 25.3. The van der Waals surface area contributed by atoms with Crippen LogP contribution in [0.4, 0.5) is 21.8 Å². The largest absolute Gasteiger partial charge is 0.508 e. The molecule has 11 heteroatoms. The van der Waals surface area contributed by atoms with Crippen LogP contribution in [0.15, 0.2) is 54.7 Å². The topological polar surface area (TPSA) is 149 Å². The highest BCUT2D eigenvalue weighted by Crippen LogP contribution is 2.21. The number of anilines is 3. The fraction of sp³-hybridized carbons (Fsp3) is 0.190. The van der Waals surface area contributed by atoms with Crippen molar-refractivity contribution >= 4 is 23.4 Å². The van der Waals surface area contributed by atoms with Gasteiger partial charge in [-0.2, -0.15) is 4.98 Å². The summed E-state index contributed by atoms with van der Waals surface area (Å²) in [6.07, 6.45) is -0.0624. The quantitative estimate of drug-likeness (QED) is 0.257. The van der Waals surface area contributed by atoms with E-state index in [9.17, 15) is 19.4 Å². The SMILES string of the molecule is O=C(NCC(O)CO)c1cccc(CONc2ncc(F)c(Nc3cccc(O)c3)n2)c1. The van der Waals surface area contributed by atoms with Crippen LogP contribution in [0.5, 0.6) is 5.75 Å². The molecular formula is C21H22FN5O5. The molecule has 0 saturated carbocycles. The number of aromatic nitrogens is 2. The molecule has 3 aromatic rings. The summed E-state index contributed by atoms with van der Waals surface area (Å²) in [5.74, 6) is -1.19. The number of carbonyl (C=O) groups is 1. The third kappa shape index (κ3) is 6.60. The van der Waals surface area contributed by atoms with Crippen LogP contribution < -0.4 is 16.1 Å². The number of rotatable bonds is 10. The lowest BCUT2D eigenvalue weighted by atomic mass is 10.1. The van der Waals surface area contributed by atoms with Crippen molar-refractivity contribution in [2.45, 2.75) is 12.7 Å². The third-order valence-electron chi connectivity index (χ3n) is 4.15. The number of carbonyl (C=O) groups excluding carboxylic acids is 1. The summed E-state index contributed by atoms with van der Waals surface area (Å²) in [5, 5.41) is 32.9. The Morgan fingerprint density at radius 1 is 1.19 bits per heavy atom. The number of halogens is 1. The molecule has 0 saturated heterocycles. The Bertz CT molecular complexity index is 1070. The standard InChI is InChI=1S/C21H22FN5O5/c22-18-10-24-21(26-19(18)25-15-5-2-6-16(29)8-15)27-32-12-13-3-1-4-14(7-13)20(31)23-9-17(30)11-28/h1-8,10,17,28-30H,9,11-12H2,(H,23,31)(H2,24,25,26,27). The fourth-order valence-electron chi connectivity index (χ4n) is 2.59. The van der Waals surface area contributed by atoms with Crippen LogP contribution in [0, 0.1) is 5.82 Å². The van der Waals surface area contributed by atoms with Crippen LogP contribution in [0.3, 0.4) is 0 Å². The van der Waals surface area contributed by atoms with E-state index in [2.05, 4.69) is 26.1 Å². The summed E-state index contributed by atoms with van der Waals surface area (Å²) >= 11 is 0. The van der Waals surface area contributed by atoms with Crippen molar-refractivity contribution in [3.05, 3.63) is 71.7 Å². The third-order valence-corrected chi connectivity index (χ3v) is 4.15. The molecule has 0 fully saturated rings. The molecule has 0 radical (unpaired) electrons. The maximum absolute atomic E-state index is 14.0. The first-order chi connectivity index (χ1) is 15.4. The van der Waals surface area contributed by atoms with Crippen molar-refractivity contribution in [2.24, 2.45) is 0 Å². The minimum atomic E-state index is -1.03. The van der Waals surface area contributed by atoms with E-state index in [1.165, 1.54) is 12.1 Å². The average Bonchev–Trinajstić information content (AvgIpc) is 2.79. The number of hydrogen-bond acceptors (Lipinski definition) is 9. The summed E-state index contributed by atoms with van der Waals surface area (Å²) in [6.45, 7) is -0.467. The van der Waals surface area contributed by atoms with Gasteiger partial charge in [0.2, 0.25) is 5.95 Å². The molecule has 1 unspecified atom stereocenters. The molecule has 1 atom stereocenters. The number of nitrogens with one attached hydrogen (secondary N) is 3. The molecule has 10 nitrogen and oxygen atoms in total. The predicted molar refractivity (Wildman–Crippen MR) is 114 cm³/mol. The number of nitrogens with zero attached hydrogens (tertiary/aromatic N) is 2. The first kappa shape index (κ1) is 22.9. The number of aliphatic hydroxyl groups excluding tert-OH is 2. The van der Waals surface area contributed by atoms with E-state index in [4.69, 9.17) is 9.94 Å². The van der Waals surface area contributed by atoms with Crippen LogP contribution in [0.25, 0.3) is 0 Å². The lowest BCUT2D eigenvalue weighted by Gasteiger charge is -2.11. The number of phenols is 1. The molecular weight excluding hydrogens is 421 g/mol. The van der Waals surface area contributed by atoms with Crippen LogP contribution in [0.2, 0.25) is 0 Å². The maximum Gasteiger partial charge on any atom is 0.251 e. The van der Waals surface area contributed by atoms with Crippen molar-refractivity contribution in [2.75, 3.05) is 23.9 Å². The molecule has 0 aliphatic heterocycles. The van der Waals surface area contributed by atoms with Gasteiger partial charge in [0.1, 0.15) is 5.75 Å². The Morgan fingerprint density at radius 2 is 2.00 bits per heavy atom. The lowest BCUT2D eigenvalue weighted by Crippen LogP contribution is -2.33. The highest BCUT2D eigenvalue weighted by atomic mass is 19.1. The Hall–Kier alpha value is -3.80. The van der Waals surface area contributed by atoms with Gasteiger partial charge in [-0.25, -0.2) is 14.9 Å². The van der Waals surface area contributed by atoms with Gasteiger partial charge in [0, 0.05) is 23.9 Å². The lowest BCUT2D eigenvalue weighted by molar-refractivity contribution is 0.0801. The maximum atomic E-state index is 14.0. The molecule has 3 rings (SSSR count). The summed E-state index contributed by atoms with van der Waals surface area (Å²) in [5.41, 5.74) is 3.97. The number of aromatic hydroxyl groups is 1. The van der Waals surface area contributed by atoms with E-state index in [0.717, 1.165) is 6.20 Å². The van der Waals surface area contributed by atoms with Crippen LogP contribution >= 0.6 is 0 Å². The van der Waals surface area contributed by atoms with Gasteiger partial charge in [0.15, 0.2) is 11.6 Å². The van der Waals surface area contributed by atoms with Crippen molar-refractivity contribution in [1.82, 2.24) is 15.3 Å². The van der Waals surface area contributed by atoms with Crippen molar-refractivity contribution in [3.8, 4) is 5.75 Å². The smallest absolute Gasteiger partial charge is 0.251 e. The molecule has 32 heavy (non-hydrogen) atoms. The van der Waals surface area contributed by atoms with Gasteiger partial charge < -0.3 is 26.0 Å². The molecule has 0 bridgehead atoms. The highest BCUT2D eigenvalue weighted by molar-refractivity contribution is 5.94. The minimum Gasteiger partial charge on any atom is -0.508 e. The van der Waals surface area contributed by atoms with Gasteiger partial charge in [0.05, 0.1) is 25.5 Å². The van der Waals surface area contributed by atoms with Gasteiger partial charge in [-0.1, -0.05) is 18.2 Å². The highest BCUT2D eigenvalue weighted by Gasteiger charge is 2.10. The zero-order valence-corrected chi connectivity index (χ0v) is 16.8. The zero-order valence-electron chi connectivity index (χ0n) is 16.8. The van der Waals surface area contributed by atoms with Crippen molar-refractivity contribution in [1.29, 1.82) is 0 Å². The number of amides is 1. The molecule has 0 aliphatic carbocycles. The molecule has 1 heterocycles. The normalized spacial score (nSPS) is 11.6. The molecule has 1 amide bonds. The van der Waals surface area contributed by atoms with Gasteiger partial charge in [-0.3, -0.25) is 9.63 Å². The first-order valence-electron chi connectivity index (χ1n) is 9.57. The van der Waals surface area contributed by atoms with E-state index < -0.39 is 24.4 Å². The molecule has 2 aromatic carbocycles. The van der Waals surface area contributed by atoms with E-state index >= 15 is 0 Å². The van der Waals surface area contributed by atoms with E-state index in [0.29, 0.717) is 16.8 Å². The van der Waals surface area contributed by atoms with Crippen molar-refractivity contribution < 1.29 is 29.3 Å². The second-order valence-electron chi connectivity index (χ2n) is 6.70. The fourth-order valence-corrected chi connectivity index (χ4v) is 2.59. The van der Waals surface area contributed by atoms with E-state index in [1.54, 1.807) is 36.4 Å². The monoisotopic (exact) mass is 443 g/mol. The van der Waals surface area contributed by atoms with Crippen LogP contribution in [-0.2, 0) is 11.4 Å². The van der Waals surface area contributed by atoms with E-state index in [1.807, 2.05) is 0 Å². The summed E-state index contributed by atoms with van der Waals surface area (Å²) < 4.78 is 14.0. The first-order valence-corrected chi connectivity index (χ1v) is 9.57. The average molecular weight is 443 g/mol. The number of phenolic OH excluding ortho intramolecular Hbond substituents is 1. The van der Waals surface area contributed by atoms with Gasteiger partial charge in [-0.15, -0.1) is 0 Å². The molecule has 6 N–H and O–H groups in total. The Balaban J connectivity index is 1.57. The van der Waals surface area contributed by atoms with Crippen molar-refractivity contribution in [3.63, 3.8) is 0 Å². The molecule has 168 valence electrons. The van der Waals surface area contributed by atoms with Crippen LogP contribution in [0.1, 0.15) is 15.9 Å². The molecule has 1 aromatic heterocycles. The van der Waals surface area contributed by atoms with Crippen LogP contribution in [-0.4, -0.2) is 50.5 Å². The second-order valence-corrected chi connectivity index (χ2v) is 6.70. The summed E-state index contributed by atoms with van der Waals surface area (Å²) in [7, 11) is 0. The number of benzene rings is 2. The zero-order chi connectivity index (χ0) is 22.9. The Kier molecular flexibility index (Phi) is 7.86. The Labute approximate surface area is 182 Å². The Morgan fingerprint density at radius 3 is 2.78 bits per heavy atom. The minimum absolute atomic E-state index is 0.000872. The number of hydrogen-bond donors (Lipinski definition) is 6. The predicted octanol–water partition coefficient (Wildman–Crippen LogP) is 1.69. The van der Waals surface area contributed by atoms with Gasteiger partial charge >= 0.3 is 0 Å². The summed E-state index contributed by atoms with van der Waals surface area (Å²) in [6, 6.07) is 12.7. The molecule has 0 spiro atoms. The molecule has 0 aliphatic rings. The van der Waals surface area contributed by atoms with Gasteiger partial charge in [-0.05, 0) is 29.8 Å². The number of aliphatic hydroxyl groups is 2. The van der Waals surface area contributed by atoms with E-state index in [-0.39, 0.29) is 30.7 Å².